The Labute approximate surface area is 261 Å². The van der Waals surface area contributed by atoms with Crippen LogP contribution in [0.15, 0.2) is 89.5 Å². The van der Waals surface area contributed by atoms with Crippen molar-refractivity contribution in [2.45, 2.75) is 25.3 Å². The topological polar surface area (TPSA) is 101 Å². The average molecular weight is 629 g/mol. The monoisotopic (exact) mass is 628 g/mol. The molecule has 1 aliphatic rings. The van der Waals surface area contributed by atoms with Crippen LogP contribution in [0, 0.1) is 11.6 Å². The highest BCUT2D eigenvalue weighted by Gasteiger charge is 2.35. The Bertz CT molecular complexity index is 1940. The lowest BCUT2D eigenvalue weighted by atomic mass is 9.95. The number of rotatable bonds is 7. The van der Waals surface area contributed by atoms with E-state index in [0.717, 1.165) is 18.2 Å². The van der Waals surface area contributed by atoms with E-state index in [0.29, 0.717) is 50.4 Å². The van der Waals surface area contributed by atoms with Gasteiger partial charge < -0.3 is 20.4 Å². The first-order chi connectivity index (χ1) is 22.0. The summed E-state index contributed by atoms with van der Waals surface area (Å²) in [5.41, 5.74) is 8.54. The van der Waals surface area contributed by atoms with Gasteiger partial charge in [-0.25, -0.2) is 22.5 Å². The summed E-state index contributed by atoms with van der Waals surface area (Å²) >= 11 is 0. The van der Waals surface area contributed by atoms with E-state index in [4.69, 9.17) is 10.2 Å². The molecule has 7 nitrogen and oxygen atoms in total. The highest BCUT2D eigenvalue weighted by Crippen LogP contribution is 2.37. The van der Waals surface area contributed by atoms with E-state index >= 15 is 4.39 Å². The molecule has 0 radical (unpaired) electrons. The second kappa shape index (κ2) is 12.5. The zero-order valence-corrected chi connectivity index (χ0v) is 24.4. The number of nitrogens with two attached hydrogens (primary N) is 1. The van der Waals surface area contributed by atoms with Gasteiger partial charge in [-0.1, -0.05) is 12.1 Å². The zero-order valence-electron chi connectivity index (χ0n) is 24.4. The molecule has 0 bridgehead atoms. The number of carbonyl (C=O) groups excluding carboxylic acids is 2. The van der Waals surface area contributed by atoms with Crippen molar-refractivity contribution >= 4 is 34.7 Å². The molecule has 3 heterocycles. The number of hydrogen-bond acceptors (Lipinski definition) is 5. The van der Waals surface area contributed by atoms with Crippen molar-refractivity contribution in [1.29, 1.82) is 0 Å². The second-order valence-electron chi connectivity index (χ2n) is 11.1. The molecule has 0 spiro atoms. The van der Waals surface area contributed by atoms with E-state index in [9.17, 15) is 22.8 Å². The van der Waals surface area contributed by atoms with Crippen LogP contribution in [0.3, 0.4) is 0 Å². The Morgan fingerprint density at radius 2 is 1.70 bits per heavy atom. The summed E-state index contributed by atoms with van der Waals surface area (Å²) in [6, 6.07) is 18.3. The van der Waals surface area contributed by atoms with Crippen molar-refractivity contribution in [3.05, 3.63) is 114 Å². The van der Waals surface area contributed by atoms with Gasteiger partial charge in [-0.05, 0) is 83.4 Å². The number of nitrogens with zero attached hydrogens (tertiary/aromatic N) is 2. The van der Waals surface area contributed by atoms with Gasteiger partial charge >= 0.3 is 0 Å². The van der Waals surface area contributed by atoms with Gasteiger partial charge in [0.15, 0.2) is 0 Å². The largest absolute Gasteiger partial charge is 0.459 e. The average Bonchev–Trinajstić information content (AvgIpc) is 3.47. The Morgan fingerprint density at radius 1 is 0.935 bits per heavy atom. The summed E-state index contributed by atoms with van der Waals surface area (Å²) in [6.07, 6.45) is 3.72. The van der Waals surface area contributed by atoms with E-state index in [2.05, 4.69) is 10.3 Å². The van der Waals surface area contributed by atoms with E-state index in [-0.39, 0.29) is 49.9 Å². The zero-order chi connectivity index (χ0) is 32.4. The van der Waals surface area contributed by atoms with E-state index < -0.39 is 17.6 Å². The van der Waals surface area contributed by atoms with Crippen LogP contribution in [0.4, 0.5) is 23.4 Å². The highest BCUT2D eigenvalue weighted by molar-refractivity contribution is 5.98. The summed E-state index contributed by atoms with van der Waals surface area (Å²) in [6.45, 7) is -0.0175. The van der Waals surface area contributed by atoms with Gasteiger partial charge in [0.2, 0.25) is 5.91 Å². The predicted molar refractivity (Wildman–Crippen MR) is 167 cm³/mol. The first-order valence-electron chi connectivity index (χ1n) is 14.5. The predicted octanol–water partition coefficient (Wildman–Crippen LogP) is 7.22. The number of furan rings is 1. The molecule has 46 heavy (non-hydrogen) atoms. The molecule has 1 aliphatic heterocycles. The SMILES string of the molecule is Nc1ccc(/C=C/C(=O)NCc2cc3cc(-c4ccc(C(=O)N5CCC(F)(F)CC5)cc4)cc(-c4cc(F)ccc4F)c3o2)cn1. The number of amides is 2. The smallest absolute Gasteiger partial charge is 0.253 e. The molecule has 6 rings (SSSR count). The molecule has 0 unspecified atom stereocenters. The van der Waals surface area contributed by atoms with Crippen LogP contribution in [-0.2, 0) is 11.3 Å². The van der Waals surface area contributed by atoms with Crippen molar-refractivity contribution < 1.29 is 31.6 Å². The number of nitrogens with one attached hydrogen (secondary N) is 1. The van der Waals surface area contributed by atoms with Crippen molar-refractivity contribution in [1.82, 2.24) is 15.2 Å². The number of hydrogen-bond donors (Lipinski definition) is 2. The van der Waals surface area contributed by atoms with Gasteiger partial charge in [-0.3, -0.25) is 9.59 Å². The Morgan fingerprint density at radius 3 is 2.41 bits per heavy atom. The fourth-order valence-corrected chi connectivity index (χ4v) is 5.31. The summed E-state index contributed by atoms with van der Waals surface area (Å²) in [5, 5.41) is 3.32. The van der Waals surface area contributed by atoms with Crippen LogP contribution in [-0.4, -0.2) is 40.7 Å². The van der Waals surface area contributed by atoms with Gasteiger partial charge in [0, 0.05) is 60.3 Å². The molecule has 3 N–H and O–H groups in total. The minimum absolute atomic E-state index is 0.00877. The van der Waals surface area contributed by atoms with Gasteiger partial charge in [-0.15, -0.1) is 0 Å². The number of piperidine rings is 1. The number of pyridine rings is 1. The number of alkyl halides is 2. The van der Waals surface area contributed by atoms with Crippen LogP contribution < -0.4 is 11.1 Å². The van der Waals surface area contributed by atoms with E-state index in [1.54, 1.807) is 54.6 Å². The molecular formula is C35H28F4N4O3. The van der Waals surface area contributed by atoms with E-state index in [1.165, 1.54) is 17.2 Å². The molecule has 1 fully saturated rings. The van der Waals surface area contributed by atoms with Crippen molar-refractivity contribution in [3.8, 4) is 22.3 Å². The third-order valence-electron chi connectivity index (χ3n) is 7.81. The minimum Gasteiger partial charge on any atom is -0.459 e. The lowest BCUT2D eigenvalue weighted by molar-refractivity contribution is -0.116. The summed E-state index contributed by atoms with van der Waals surface area (Å²) in [7, 11) is 0. The molecule has 1 saturated heterocycles. The minimum atomic E-state index is -2.76. The maximum Gasteiger partial charge on any atom is 0.253 e. The number of benzene rings is 3. The third kappa shape index (κ3) is 6.78. The van der Waals surface area contributed by atoms with Gasteiger partial charge in [0.25, 0.3) is 11.8 Å². The Hall–Kier alpha value is -5.45. The maximum absolute atomic E-state index is 15.0. The third-order valence-corrected chi connectivity index (χ3v) is 7.81. The summed E-state index contributed by atoms with van der Waals surface area (Å²) in [5.74, 6) is -4.01. The summed E-state index contributed by atoms with van der Waals surface area (Å²) < 4.78 is 62.4. The highest BCUT2D eigenvalue weighted by atomic mass is 19.3. The molecule has 0 saturated carbocycles. The molecule has 2 amide bonds. The van der Waals surface area contributed by atoms with Crippen LogP contribution >= 0.6 is 0 Å². The number of fused-ring (bicyclic) bond motifs is 1. The quantitative estimate of drug-likeness (QED) is 0.146. The number of halogens is 4. The van der Waals surface area contributed by atoms with Crippen LogP contribution in [0.2, 0.25) is 0 Å². The van der Waals surface area contributed by atoms with Crippen LogP contribution in [0.5, 0.6) is 0 Å². The van der Waals surface area contributed by atoms with Crippen LogP contribution in [0.1, 0.15) is 34.5 Å². The number of nitrogen functional groups attached to an aromatic ring is 1. The van der Waals surface area contributed by atoms with Gasteiger partial charge in [0.05, 0.1) is 6.54 Å². The number of aromatic nitrogens is 1. The molecular weight excluding hydrogens is 600 g/mol. The van der Waals surface area contributed by atoms with Crippen molar-refractivity contribution in [2.75, 3.05) is 18.8 Å². The first-order valence-corrected chi connectivity index (χ1v) is 14.5. The lowest BCUT2D eigenvalue weighted by Crippen LogP contribution is -2.42. The fourth-order valence-electron chi connectivity index (χ4n) is 5.31. The molecule has 5 aromatic rings. The maximum atomic E-state index is 15.0. The molecule has 2 aromatic heterocycles. The molecule has 3 aromatic carbocycles. The number of carbonyl (C=O) groups is 2. The molecule has 0 atom stereocenters. The standard InChI is InChI=1S/C35H28F4N4O3/c36-26-7-8-30(37)28(18-26)29-17-24(22-3-5-23(6-4-22)34(45)43-13-11-35(38,39)12-14-43)15-25-16-27(46-33(25)29)20-42-32(44)10-2-21-1-9-31(40)41-19-21/h1-10,15-19H,11-14,20H2,(H2,40,41)(H,42,44)/b10-2+. The Kier molecular flexibility index (Phi) is 8.31. The lowest BCUT2D eigenvalue weighted by Gasteiger charge is -2.31. The molecule has 234 valence electrons. The normalized spacial score (nSPS) is 14.6. The molecule has 11 heteroatoms. The molecule has 0 aliphatic carbocycles. The number of likely N-dealkylation sites (tertiary alicyclic amines) is 1. The first kappa shape index (κ1) is 30.6. The Balaban J connectivity index is 1.27. The second-order valence-corrected chi connectivity index (χ2v) is 11.1. The van der Waals surface area contributed by atoms with Gasteiger partial charge in [-0.2, -0.15) is 0 Å². The van der Waals surface area contributed by atoms with Crippen LogP contribution in [0.25, 0.3) is 39.3 Å². The van der Waals surface area contributed by atoms with Crippen molar-refractivity contribution in [2.24, 2.45) is 0 Å². The van der Waals surface area contributed by atoms with E-state index in [1.807, 2.05) is 6.07 Å². The van der Waals surface area contributed by atoms with Gasteiger partial charge in [0.1, 0.15) is 28.8 Å². The number of anilines is 1. The summed E-state index contributed by atoms with van der Waals surface area (Å²) in [4.78, 5) is 30.8. The van der Waals surface area contributed by atoms with Crippen molar-refractivity contribution in [3.63, 3.8) is 0 Å². The fraction of sp³-hybridized carbons (Fsp3) is 0.171.